The molecule has 0 aliphatic heterocycles. The Morgan fingerprint density at radius 1 is 0.353 bits per heavy atom. The third-order valence-corrected chi connectivity index (χ3v) is 11.0. The van der Waals surface area contributed by atoms with Crippen molar-refractivity contribution in [3.63, 3.8) is 0 Å². The van der Waals surface area contributed by atoms with Crippen LogP contribution in [-0.2, 0) is 0 Å². The summed E-state index contributed by atoms with van der Waals surface area (Å²) >= 11 is 1.78. The van der Waals surface area contributed by atoms with Crippen LogP contribution in [0.1, 0.15) is 0 Å². The van der Waals surface area contributed by atoms with Crippen molar-refractivity contribution in [3.8, 4) is 56.0 Å². The van der Waals surface area contributed by atoms with Crippen molar-refractivity contribution in [2.75, 3.05) is 0 Å². The minimum atomic E-state index is 0.729. The number of benzene rings is 8. The molecule has 0 saturated heterocycles. The summed E-state index contributed by atoms with van der Waals surface area (Å²) in [5.74, 6) is 0.729. The van der Waals surface area contributed by atoms with Crippen LogP contribution in [0, 0.1) is 0 Å². The summed E-state index contributed by atoms with van der Waals surface area (Å²) < 4.78 is 2.33. The van der Waals surface area contributed by atoms with Crippen LogP contribution < -0.4 is 0 Å². The minimum Gasteiger partial charge on any atom is -0.226 e. The van der Waals surface area contributed by atoms with Gasteiger partial charge >= 0.3 is 0 Å². The van der Waals surface area contributed by atoms with E-state index in [1.807, 2.05) is 0 Å². The van der Waals surface area contributed by atoms with Gasteiger partial charge in [0.1, 0.15) is 0 Å². The predicted molar refractivity (Wildman–Crippen MR) is 217 cm³/mol. The van der Waals surface area contributed by atoms with Gasteiger partial charge in [0.2, 0.25) is 0 Å². The molecule has 51 heavy (non-hydrogen) atoms. The molecule has 10 rings (SSSR count). The molecule has 0 bridgehead atoms. The van der Waals surface area contributed by atoms with Gasteiger partial charge in [-0.2, -0.15) is 0 Å². The number of nitrogens with zero attached hydrogens (tertiary/aromatic N) is 2. The molecule has 10 aromatic rings. The minimum absolute atomic E-state index is 0.729. The van der Waals surface area contributed by atoms with Crippen molar-refractivity contribution in [2.24, 2.45) is 0 Å². The van der Waals surface area contributed by atoms with Crippen molar-refractivity contribution < 1.29 is 0 Å². The van der Waals surface area contributed by atoms with E-state index in [1.54, 1.807) is 11.3 Å². The standard InChI is InChI=1S/C48H30N2S/c1-2-11-31(12-3-1)32-23-25-33(26-24-32)35-17-8-18-36(27-35)37-19-9-20-40(28-37)48-49-45(42-22-10-16-34-13-6-7-21-41(34)42)47-46(50-48)43-29-38-14-4-5-15-39(38)30-44(43)51-47/h1-30H. The maximum absolute atomic E-state index is 5.39. The summed E-state index contributed by atoms with van der Waals surface area (Å²) in [6.45, 7) is 0. The quantitative estimate of drug-likeness (QED) is 0.183. The topological polar surface area (TPSA) is 25.8 Å². The molecule has 2 heterocycles. The number of rotatable bonds is 5. The fourth-order valence-electron chi connectivity index (χ4n) is 7.27. The molecule has 0 aliphatic rings. The van der Waals surface area contributed by atoms with Crippen LogP contribution in [0.2, 0.25) is 0 Å². The van der Waals surface area contributed by atoms with Crippen molar-refractivity contribution in [1.29, 1.82) is 0 Å². The van der Waals surface area contributed by atoms with E-state index in [2.05, 4.69) is 182 Å². The number of hydrogen-bond donors (Lipinski definition) is 0. The van der Waals surface area contributed by atoms with Gasteiger partial charge < -0.3 is 0 Å². The summed E-state index contributed by atoms with van der Waals surface area (Å²) in [5.41, 5.74) is 11.2. The lowest BCUT2D eigenvalue weighted by atomic mass is 9.96. The average molecular weight is 667 g/mol. The first-order valence-electron chi connectivity index (χ1n) is 17.2. The Balaban J connectivity index is 1.11. The van der Waals surface area contributed by atoms with E-state index in [0.717, 1.165) is 44.0 Å². The molecule has 0 atom stereocenters. The Bertz CT molecular complexity index is 2900. The van der Waals surface area contributed by atoms with Crippen LogP contribution in [0.3, 0.4) is 0 Å². The van der Waals surface area contributed by atoms with E-state index in [-0.39, 0.29) is 0 Å². The summed E-state index contributed by atoms with van der Waals surface area (Å²) in [5, 5.41) is 6.01. The number of thiophene rings is 1. The van der Waals surface area contributed by atoms with Crippen molar-refractivity contribution in [2.45, 2.75) is 0 Å². The fourth-order valence-corrected chi connectivity index (χ4v) is 8.45. The monoisotopic (exact) mass is 666 g/mol. The van der Waals surface area contributed by atoms with Gasteiger partial charge in [0.05, 0.1) is 15.9 Å². The molecule has 2 nitrogen and oxygen atoms in total. The SMILES string of the molecule is c1ccc(-c2ccc(-c3cccc(-c4cccc(-c5nc(-c6cccc7ccccc67)c6sc7cc8ccccc8cc7c6n5)c4)c3)cc2)cc1. The molecule has 0 unspecified atom stereocenters. The molecule has 0 spiro atoms. The zero-order chi connectivity index (χ0) is 33.7. The van der Waals surface area contributed by atoms with E-state index in [0.29, 0.717) is 0 Å². The Kier molecular flexibility index (Phi) is 7.04. The highest BCUT2D eigenvalue weighted by atomic mass is 32.1. The van der Waals surface area contributed by atoms with Gasteiger partial charge in [-0.15, -0.1) is 11.3 Å². The summed E-state index contributed by atoms with van der Waals surface area (Å²) in [6.07, 6.45) is 0. The summed E-state index contributed by atoms with van der Waals surface area (Å²) in [7, 11) is 0. The van der Waals surface area contributed by atoms with Gasteiger partial charge in [-0.3, -0.25) is 0 Å². The largest absolute Gasteiger partial charge is 0.226 e. The average Bonchev–Trinajstić information content (AvgIpc) is 3.57. The van der Waals surface area contributed by atoms with Crippen molar-refractivity contribution in [1.82, 2.24) is 9.97 Å². The molecule has 0 fully saturated rings. The highest BCUT2D eigenvalue weighted by Crippen LogP contribution is 2.43. The van der Waals surface area contributed by atoms with Crippen molar-refractivity contribution in [3.05, 3.63) is 182 Å². The predicted octanol–water partition coefficient (Wildman–Crippen LogP) is 13.5. The lowest BCUT2D eigenvalue weighted by molar-refractivity contribution is 1.24. The first-order chi connectivity index (χ1) is 25.2. The first-order valence-corrected chi connectivity index (χ1v) is 18.0. The van der Waals surface area contributed by atoms with Gasteiger partial charge in [-0.05, 0) is 79.2 Å². The van der Waals surface area contributed by atoms with Crippen molar-refractivity contribution >= 4 is 53.2 Å². The highest BCUT2D eigenvalue weighted by Gasteiger charge is 2.19. The third kappa shape index (κ3) is 5.27. The normalized spacial score (nSPS) is 11.5. The molecule has 0 aliphatic carbocycles. The van der Waals surface area contributed by atoms with Gasteiger partial charge in [0.25, 0.3) is 0 Å². The summed E-state index contributed by atoms with van der Waals surface area (Å²) in [4.78, 5) is 10.7. The van der Waals surface area contributed by atoms with E-state index in [4.69, 9.17) is 9.97 Å². The number of fused-ring (bicyclic) bond motifs is 5. The number of hydrogen-bond acceptors (Lipinski definition) is 3. The highest BCUT2D eigenvalue weighted by molar-refractivity contribution is 7.26. The van der Waals surface area contributed by atoms with E-state index in [9.17, 15) is 0 Å². The summed E-state index contributed by atoms with van der Waals surface area (Å²) in [6, 6.07) is 65.0. The molecular formula is C48H30N2S. The molecule has 8 aromatic carbocycles. The van der Waals surface area contributed by atoms with Crippen LogP contribution in [0.15, 0.2) is 182 Å². The molecular weight excluding hydrogens is 637 g/mol. The Labute approximate surface area is 300 Å². The van der Waals surface area contributed by atoms with Crippen LogP contribution in [0.5, 0.6) is 0 Å². The zero-order valence-corrected chi connectivity index (χ0v) is 28.4. The van der Waals surface area contributed by atoms with E-state index < -0.39 is 0 Å². The number of aromatic nitrogens is 2. The molecule has 238 valence electrons. The fraction of sp³-hybridized carbons (Fsp3) is 0. The van der Waals surface area contributed by atoms with Gasteiger partial charge in [-0.1, -0.05) is 158 Å². The first kappa shape index (κ1) is 29.5. The zero-order valence-electron chi connectivity index (χ0n) is 27.6. The molecule has 2 aromatic heterocycles. The van der Waals surface area contributed by atoms with Crippen LogP contribution in [0.25, 0.3) is 97.9 Å². The molecule has 3 heteroatoms. The molecule has 0 N–H and O–H groups in total. The van der Waals surface area contributed by atoms with Crippen LogP contribution in [-0.4, -0.2) is 9.97 Å². The third-order valence-electron chi connectivity index (χ3n) is 9.87. The van der Waals surface area contributed by atoms with E-state index >= 15 is 0 Å². The Morgan fingerprint density at radius 2 is 0.882 bits per heavy atom. The smallest absolute Gasteiger partial charge is 0.160 e. The second-order valence-corrected chi connectivity index (χ2v) is 14.1. The second-order valence-electron chi connectivity index (χ2n) is 13.0. The maximum Gasteiger partial charge on any atom is 0.160 e. The van der Waals surface area contributed by atoms with Gasteiger partial charge in [0.15, 0.2) is 5.82 Å². The van der Waals surface area contributed by atoms with Crippen LogP contribution in [0.4, 0.5) is 0 Å². The maximum atomic E-state index is 5.39. The van der Waals surface area contributed by atoms with E-state index in [1.165, 1.54) is 53.9 Å². The lowest BCUT2D eigenvalue weighted by Gasteiger charge is -2.11. The lowest BCUT2D eigenvalue weighted by Crippen LogP contribution is -1.94. The van der Waals surface area contributed by atoms with Gasteiger partial charge in [0, 0.05) is 21.2 Å². The van der Waals surface area contributed by atoms with Crippen LogP contribution >= 0.6 is 11.3 Å². The Morgan fingerprint density at radius 3 is 1.65 bits per heavy atom. The molecule has 0 amide bonds. The molecule has 0 radical (unpaired) electrons. The second kappa shape index (κ2) is 12.2. The molecule has 0 saturated carbocycles. The van der Waals surface area contributed by atoms with Gasteiger partial charge in [-0.25, -0.2) is 9.97 Å². The Hall–Kier alpha value is -6.42.